The summed E-state index contributed by atoms with van der Waals surface area (Å²) in [7, 11) is 0. The van der Waals surface area contributed by atoms with Crippen LogP contribution in [0.2, 0.25) is 0 Å². The minimum atomic E-state index is 0.885. The molecule has 0 aliphatic rings. The first kappa shape index (κ1) is 22.4. The lowest BCUT2D eigenvalue weighted by Crippen LogP contribution is -2.34. The average Bonchev–Trinajstić information content (AvgIpc) is 3.40. The lowest BCUT2D eigenvalue weighted by molar-refractivity contribution is -0.664. The van der Waals surface area contributed by atoms with Gasteiger partial charge in [-0.1, -0.05) is 69.2 Å². The maximum Gasteiger partial charge on any atom is 0.245 e. The molecule has 4 nitrogen and oxygen atoms in total. The van der Waals surface area contributed by atoms with Crippen LogP contribution in [0.25, 0.3) is 22.1 Å². The van der Waals surface area contributed by atoms with E-state index in [1.54, 1.807) is 0 Å². The van der Waals surface area contributed by atoms with E-state index >= 15 is 0 Å². The smallest absolute Gasteiger partial charge is 0.230 e. The summed E-state index contributed by atoms with van der Waals surface area (Å²) in [5.41, 5.74) is 7.94. The Hall–Kier alpha value is -3.40. The molecule has 0 saturated carbocycles. The number of fused-ring (bicyclic) bond motifs is 2. The Bertz CT molecular complexity index is 1290. The first-order valence-electron chi connectivity index (χ1n) is 12.8. The fourth-order valence-corrected chi connectivity index (χ4v) is 4.97. The topological polar surface area (TPSA) is 17.6 Å². The van der Waals surface area contributed by atoms with Gasteiger partial charge in [0.05, 0.1) is 13.1 Å². The Morgan fingerprint density at radius 3 is 1.53 bits per heavy atom. The molecule has 3 aromatic carbocycles. The summed E-state index contributed by atoms with van der Waals surface area (Å²) < 4.78 is 9.61. The molecule has 0 saturated heterocycles. The summed E-state index contributed by atoms with van der Waals surface area (Å²) in [5, 5.41) is 0. The third-order valence-corrected chi connectivity index (χ3v) is 6.76. The highest BCUT2D eigenvalue weighted by molar-refractivity contribution is 5.72. The van der Waals surface area contributed by atoms with Crippen LogP contribution >= 0.6 is 0 Å². The van der Waals surface area contributed by atoms with E-state index in [1.807, 2.05) is 0 Å². The molecule has 0 spiro atoms. The van der Waals surface area contributed by atoms with Crippen LogP contribution < -0.4 is 9.13 Å². The van der Waals surface area contributed by atoms with Crippen LogP contribution in [-0.4, -0.2) is 9.13 Å². The van der Waals surface area contributed by atoms with E-state index in [9.17, 15) is 0 Å². The average molecular weight is 453 g/mol. The van der Waals surface area contributed by atoms with E-state index in [2.05, 4.69) is 118 Å². The summed E-state index contributed by atoms with van der Waals surface area (Å²) in [4.78, 5) is 0. The van der Waals surface area contributed by atoms with Crippen molar-refractivity contribution in [3.05, 3.63) is 96.6 Å². The van der Waals surface area contributed by atoms with Crippen molar-refractivity contribution >= 4 is 22.1 Å². The molecule has 0 N–H and O–H groups in total. The second-order valence-corrected chi connectivity index (χ2v) is 9.38. The Kier molecular flexibility index (Phi) is 6.75. The van der Waals surface area contributed by atoms with Gasteiger partial charge in [-0.3, -0.25) is 0 Å². The van der Waals surface area contributed by atoms with Crippen molar-refractivity contribution in [2.24, 2.45) is 0 Å². The Labute approximate surface area is 202 Å². The van der Waals surface area contributed by atoms with Gasteiger partial charge in [-0.2, -0.15) is 0 Å². The minimum Gasteiger partial charge on any atom is -0.230 e. The predicted molar refractivity (Wildman–Crippen MR) is 139 cm³/mol. The lowest BCUT2D eigenvalue weighted by Gasteiger charge is -2.04. The first-order chi connectivity index (χ1) is 16.8. The number of rotatable bonds is 10. The molecule has 0 bridgehead atoms. The zero-order valence-electron chi connectivity index (χ0n) is 20.5. The zero-order chi connectivity index (χ0) is 23.3. The molecule has 0 aliphatic heterocycles. The van der Waals surface area contributed by atoms with Crippen molar-refractivity contribution < 1.29 is 9.13 Å². The minimum absolute atomic E-state index is 0.885. The number of hydrogen-bond donors (Lipinski definition) is 0. The van der Waals surface area contributed by atoms with E-state index in [1.165, 1.54) is 58.9 Å². The molecule has 0 atom stereocenters. The number of para-hydroxylation sites is 4. The van der Waals surface area contributed by atoms with Gasteiger partial charge in [0.1, 0.15) is 13.1 Å². The normalized spacial score (nSPS) is 11.6. The molecule has 0 aliphatic carbocycles. The van der Waals surface area contributed by atoms with Gasteiger partial charge in [0.25, 0.3) is 0 Å². The molecule has 4 heteroatoms. The second kappa shape index (κ2) is 10.3. The van der Waals surface area contributed by atoms with Crippen LogP contribution in [0, 0.1) is 0 Å². The van der Waals surface area contributed by atoms with E-state index in [4.69, 9.17) is 0 Å². The Morgan fingerprint density at radius 1 is 0.588 bits per heavy atom. The molecule has 2 heterocycles. The summed E-state index contributed by atoms with van der Waals surface area (Å²) in [6.45, 7) is 8.42. The van der Waals surface area contributed by atoms with Gasteiger partial charge in [0, 0.05) is 0 Å². The Morgan fingerprint density at radius 2 is 1.06 bits per heavy atom. The fraction of sp³-hybridized carbons (Fsp3) is 0.333. The molecule has 174 valence electrons. The number of aryl methyl sites for hydroxylation is 2. The highest BCUT2D eigenvalue weighted by atomic mass is 15.1. The largest absolute Gasteiger partial charge is 0.245 e. The summed E-state index contributed by atoms with van der Waals surface area (Å²) in [6.07, 6.45) is 9.42. The molecule has 0 radical (unpaired) electrons. The highest BCUT2D eigenvalue weighted by Gasteiger charge is 2.17. The highest BCUT2D eigenvalue weighted by Crippen LogP contribution is 2.15. The maximum absolute atomic E-state index is 2.41. The van der Waals surface area contributed by atoms with Crippen LogP contribution in [0.5, 0.6) is 0 Å². The summed E-state index contributed by atoms with van der Waals surface area (Å²) in [5.74, 6) is 0. The zero-order valence-corrected chi connectivity index (χ0v) is 20.5. The van der Waals surface area contributed by atoms with Crippen molar-refractivity contribution in [3.63, 3.8) is 0 Å². The van der Waals surface area contributed by atoms with Gasteiger partial charge in [-0.15, -0.1) is 0 Å². The lowest BCUT2D eigenvalue weighted by atomic mass is 10.1. The quantitative estimate of drug-likeness (QED) is 0.236. The van der Waals surface area contributed by atoms with Crippen LogP contribution in [0.1, 0.15) is 50.7 Å². The van der Waals surface area contributed by atoms with Crippen molar-refractivity contribution in [2.45, 2.75) is 65.7 Å². The van der Waals surface area contributed by atoms with Crippen LogP contribution in [0.3, 0.4) is 0 Å². The van der Waals surface area contributed by atoms with E-state index < -0.39 is 0 Å². The summed E-state index contributed by atoms with van der Waals surface area (Å²) in [6, 6.07) is 26.6. The second-order valence-electron chi connectivity index (χ2n) is 9.38. The number of unbranched alkanes of at least 4 members (excludes halogenated alkanes) is 2. The molecular weight excluding hydrogens is 416 g/mol. The summed E-state index contributed by atoms with van der Waals surface area (Å²) >= 11 is 0. The molecule has 0 fully saturated rings. The van der Waals surface area contributed by atoms with Gasteiger partial charge < -0.3 is 0 Å². The van der Waals surface area contributed by atoms with Crippen LogP contribution in [0.4, 0.5) is 0 Å². The van der Waals surface area contributed by atoms with E-state index in [0.717, 1.165) is 26.2 Å². The number of hydrogen-bond acceptors (Lipinski definition) is 0. The van der Waals surface area contributed by atoms with E-state index in [-0.39, 0.29) is 0 Å². The van der Waals surface area contributed by atoms with Gasteiger partial charge >= 0.3 is 0 Å². The van der Waals surface area contributed by atoms with Crippen molar-refractivity contribution in [3.8, 4) is 0 Å². The molecule has 5 aromatic rings. The van der Waals surface area contributed by atoms with Gasteiger partial charge in [-0.25, -0.2) is 18.3 Å². The molecule has 0 amide bonds. The molecule has 0 unspecified atom stereocenters. The predicted octanol–water partition coefficient (Wildman–Crippen LogP) is 5.87. The number of imidazole rings is 2. The molecule has 5 rings (SSSR count). The SMILES string of the molecule is CCCCn1c[n+](Cc2cccc(C[n+]3cn(CCCC)c4ccccc43)c2)c2ccccc21. The number of nitrogens with zero attached hydrogens (tertiary/aromatic N) is 4. The van der Waals surface area contributed by atoms with E-state index in [0.29, 0.717) is 0 Å². The first-order valence-corrected chi connectivity index (χ1v) is 12.8. The maximum atomic E-state index is 2.41. The number of benzene rings is 3. The van der Waals surface area contributed by atoms with Crippen molar-refractivity contribution in [1.29, 1.82) is 0 Å². The third kappa shape index (κ3) is 4.63. The van der Waals surface area contributed by atoms with Crippen LogP contribution in [0.15, 0.2) is 85.5 Å². The molecule has 2 aromatic heterocycles. The van der Waals surface area contributed by atoms with Crippen LogP contribution in [-0.2, 0) is 26.2 Å². The van der Waals surface area contributed by atoms with Crippen molar-refractivity contribution in [1.82, 2.24) is 9.13 Å². The third-order valence-electron chi connectivity index (χ3n) is 6.76. The standard InChI is InChI=1S/C30H36N4/c1-3-5-18-31-23-33(29-16-9-7-14-27(29)31)21-25-12-11-13-26(20-25)22-34-24-32(19-6-4-2)28-15-8-10-17-30(28)34/h7-17,20,23-24H,3-6,18-19,21-22H2,1-2H3/q+2. The molecule has 34 heavy (non-hydrogen) atoms. The van der Waals surface area contributed by atoms with Gasteiger partial charge in [-0.05, 0) is 54.3 Å². The van der Waals surface area contributed by atoms with Gasteiger partial charge in [0.15, 0.2) is 22.1 Å². The monoisotopic (exact) mass is 452 g/mol. The molecular formula is C30H36N4+2. The fourth-order valence-electron chi connectivity index (χ4n) is 4.97. The van der Waals surface area contributed by atoms with Gasteiger partial charge in [0.2, 0.25) is 12.7 Å². The number of aromatic nitrogens is 4. The Balaban J connectivity index is 1.41. The van der Waals surface area contributed by atoms with Crippen molar-refractivity contribution in [2.75, 3.05) is 0 Å².